The monoisotopic (exact) mass is 232 g/mol. The summed E-state index contributed by atoms with van der Waals surface area (Å²) >= 11 is 0. The van der Waals surface area contributed by atoms with Crippen molar-refractivity contribution < 1.29 is 14.3 Å². The summed E-state index contributed by atoms with van der Waals surface area (Å²) in [4.78, 5) is 20.2. The van der Waals surface area contributed by atoms with E-state index in [0.29, 0.717) is 5.58 Å². The second kappa shape index (κ2) is 5.65. The minimum Gasteiger partial charge on any atom is -0.478 e. The molecule has 88 valence electrons. The van der Waals surface area contributed by atoms with Crippen LogP contribution in [0.4, 0.5) is 0 Å². The van der Waals surface area contributed by atoms with Crippen molar-refractivity contribution >= 4 is 16.9 Å². The van der Waals surface area contributed by atoms with Gasteiger partial charge >= 0.3 is 11.6 Å². The molecule has 0 saturated heterocycles. The van der Waals surface area contributed by atoms with Crippen molar-refractivity contribution in [2.75, 3.05) is 0 Å². The van der Waals surface area contributed by atoms with Crippen LogP contribution in [0.25, 0.3) is 11.0 Å². The molecule has 1 heterocycles. The van der Waals surface area contributed by atoms with Crippen molar-refractivity contribution in [1.82, 2.24) is 0 Å². The Kier molecular flexibility index (Phi) is 4.22. The molecule has 0 unspecified atom stereocenters. The normalized spacial score (nSPS) is 9.24. The van der Waals surface area contributed by atoms with Crippen molar-refractivity contribution in [3.63, 3.8) is 0 Å². The van der Waals surface area contributed by atoms with Crippen molar-refractivity contribution in [2.24, 2.45) is 0 Å². The van der Waals surface area contributed by atoms with Crippen molar-refractivity contribution in [2.45, 2.75) is 6.92 Å². The van der Waals surface area contributed by atoms with Crippen molar-refractivity contribution in [3.8, 4) is 0 Å². The van der Waals surface area contributed by atoms with E-state index < -0.39 is 5.97 Å². The topological polar surface area (TPSA) is 67.5 Å². The molecular weight excluding hydrogens is 220 g/mol. The number of carbonyl (C=O) groups is 1. The average Bonchev–Trinajstić information content (AvgIpc) is 2.29. The third-order valence-corrected chi connectivity index (χ3v) is 2.03. The molecule has 1 N–H and O–H groups in total. The minimum atomic E-state index is -0.981. The Labute approximate surface area is 97.8 Å². The fraction of sp³-hybridized carbons (Fsp3) is 0.0769. The molecule has 0 aliphatic rings. The fourth-order valence-electron chi connectivity index (χ4n) is 1.27. The fourth-order valence-corrected chi connectivity index (χ4v) is 1.27. The number of para-hydroxylation sites is 1. The van der Waals surface area contributed by atoms with Crippen LogP contribution in [0.15, 0.2) is 52.2 Å². The zero-order valence-corrected chi connectivity index (χ0v) is 9.34. The number of carboxylic acid groups (broad SMARTS) is 1. The Morgan fingerprint density at radius 3 is 2.59 bits per heavy atom. The number of fused-ring (bicyclic) bond motifs is 1. The summed E-state index contributed by atoms with van der Waals surface area (Å²) in [5.74, 6) is -0.981. The molecule has 0 amide bonds. The number of carboxylic acids is 1. The first-order valence-electron chi connectivity index (χ1n) is 4.89. The molecule has 0 atom stereocenters. The Morgan fingerprint density at radius 2 is 2.00 bits per heavy atom. The summed E-state index contributed by atoms with van der Waals surface area (Å²) in [7, 11) is 0. The van der Waals surface area contributed by atoms with Crippen molar-refractivity contribution in [1.29, 1.82) is 0 Å². The largest absolute Gasteiger partial charge is 0.478 e. The third kappa shape index (κ3) is 3.61. The van der Waals surface area contributed by atoms with Gasteiger partial charge in [-0.2, -0.15) is 0 Å². The summed E-state index contributed by atoms with van der Waals surface area (Å²) in [5.41, 5.74) is 1.33. The first-order valence-corrected chi connectivity index (χ1v) is 4.89. The smallest absolute Gasteiger partial charge is 0.336 e. The van der Waals surface area contributed by atoms with Crippen molar-refractivity contribution in [3.05, 3.63) is 59.0 Å². The number of hydrogen-bond acceptors (Lipinski definition) is 3. The summed E-state index contributed by atoms with van der Waals surface area (Å²) in [6.45, 7) is 4.86. The quantitative estimate of drug-likeness (QED) is 0.605. The maximum absolute atomic E-state index is 10.9. The van der Waals surface area contributed by atoms with E-state index in [0.717, 1.165) is 17.0 Å². The standard InChI is InChI=1S/C10H8O2.C3H4O2/c1-7-6-10(11)12-9-5-3-2-4-8(7)9;1-2-3(4)5/h2-6H,1H3;2H,1H2,(H,4,5). The van der Waals surface area contributed by atoms with Gasteiger partial charge in [0.05, 0.1) is 0 Å². The highest BCUT2D eigenvalue weighted by atomic mass is 16.4. The van der Waals surface area contributed by atoms with Gasteiger partial charge in [0.25, 0.3) is 0 Å². The summed E-state index contributed by atoms with van der Waals surface area (Å²) in [6, 6.07) is 9.01. The highest BCUT2D eigenvalue weighted by Crippen LogP contribution is 2.14. The second-order valence-corrected chi connectivity index (χ2v) is 3.29. The van der Waals surface area contributed by atoms with E-state index in [2.05, 4.69) is 6.58 Å². The number of benzene rings is 1. The number of rotatable bonds is 1. The van der Waals surface area contributed by atoms with Gasteiger partial charge in [-0.15, -0.1) is 0 Å². The van der Waals surface area contributed by atoms with Crippen LogP contribution in [0, 0.1) is 6.92 Å². The molecule has 17 heavy (non-hydrogen) atoms. The summed E-state index contributed by atoms with van der Waals surface area (Å²) in [5, 5.41) is 8.60. The van der Waals surface area contributed by atoms with E-state index >= 15 is 0 Å². The third-order valence-electron chi connectivity index (χ3n) is 2.03. The van der Waals surface area contributed by atoms with Gasteiger partial charge in [0.2, 0.25) is 0 Å². The van der Waals surface area contributed by atoms with Gasteiger partial charge < -0.3 is 9.52 Å². The van der Waals surface area contributed by atoms with E-state index in [1.54, 1.807) is 6.07 Å². The van der Waals surface area contributed by atoms with E-state index in [-0.39, 0.29) is 5.63 Å². The maximum Gasteiger partial charge on any atom is 0.336 e. The average molecular weight is 232 g/mol. The Balaban J connectivity index is 0.000000249. The molecular formula is C13H12O4. The molecule has 1 aromatic carbocycles. The van der Waals surface area contributed by atoms with Crippen LogP contribution in [0.1, 0.15) is 5.56 Å². The van der Waals surface area contributed by atoms with Crippen LogP contribution >= 0.6 is 0 Å². The van der Waals surface area contributed by atoms with Crippen LogP contribution in [0.5, 0.6) is 0 Å². The van der Waals surface area contributed by atoms with Crippen LogP contribution in [-0.4, -0.2) is 11.1 Å². The molecule has 0 fully saturated rings. The Morgan fingerprint density at radius 1 is 1.41 bits per heavy atom. The van der Waals surface area contributed by atoms with Crippen LogP contribution < -0.4 is 5.63 Å². The Hall–Kier alpha value is -2.36. The lowest BCUT2D eigenvalue weighted by Gasteiger charge is -1.97. The number of aryl methyl sites for hydroxylation is 1. The van der Waals surface area contributed by atoms with Gasteiger partial charge in [-0.05, 0) is 18.6 Å². The Bertz CT molecular complexity index is 596. The molecule has 0 radical (unpaired) electrons. The van der Waals surface area contributed by atoms with Gasteiger partial charge in [0, 0.05) is 17.5 Å². The molecule has 0 saturated carbocycles. The van der Waals surface area contributed by atoms with E-state index in [1.807, 2.05) is 25.1 Å². The van der Waals surface area contributed by atoms with E-state index in [4.69, 9.17) is 9.52 Å². The van der Waals surface area contributed by atoms with Gasteiger partial charge in [-0.3, -0.25) is 0 Å². The molecule has 4 nitrogen and oxygen atoms in total. The summed E-state index contributed by atoms with van der Waals surface area (Å²) < 4.78 is 4.99. The van der Waals surface area contributed by atoms with Gasteiger partial charge in [-0.25, -0.2) is 9.59 Å². The molecule has 0 aliphatic carbocycles. The first kappa shape index (κ1) is 12.7. The van der Waals surface area contributed by atoms with E-state index in [9.17, 15) is 9.59 Å². The van der Waals surface area contributed by atoms with Gasteiger partial charge in [-0.1, -0.05) is 24.8 Å². The molecule has 0 spiro atoms. The maximum atomic E-state index is 10.9. The summed E-state index contributed by atoms with van der Waals surface area (Å²) in [6.07, 6.45) is 0.833. The minimum absolute atomic E-state index is 0.286. The lowest BCUT2D eigenvalue weighted by molar-refractivity contribution is -0.131. The lowest BCUT2D eigenvalue weighted by Crippen LogP contribution is -1.97. The SMILES string of the molecule is C=CC(=O)O.Cc1cc(=O)oc2ccccc12. The highest BCUT2D eigenvalue weighted by molar-refractivity contribution is 5.79. The molecule has 0 aliphatic heterocycles. The predicted octanol–water partition coefficient (Wildman–Crippen LogP) is 2.36. The second-order valence-electron chi connectivity index (χ2n) is 3.29. The van der Waals surface area contributed by atoms with Gasteiger partial charge in [0.15, 0.2) is 0 Å². The van der Waals surface area contributed by atoms with Crippen LogP contribution in [0.2, 0.25) is 0 Å². The zero-order chi connectivity index (χ0) is 12.8. The van der Waals surface area contributed by atoms with Crippen LogP contribution in [0.3, 0.4) is 0 Å². The van der Waals surface area contributed by atoms with Crippen LogP contribution in [-0.2, 0) is 4.79 Å². The first-order chi connectivity index (χ1) is 8.04. The molecule has 0 bridgehead atoms. The van der Waals surface area contributed by atoms with Gasteiger partial charge in [0.1, 0.15) is 5.58 Å². The number of hydrogen-bond donors (Lipinski definition) is 1. The zero-order valence-electron chi connectivity index (χ0n) is 9.34. The molecule has 2 aromatic rings. The predicted molar refractivity (Wildman–Crippen MR) is 65.1 cm³/mol. The number of aliphatic carboxylic acids is 1. The molecule has 4 heteroatoms. The highest BCUT2D eigenvalue weighted by Gasteiger charge is 1.98. The van der Waals surface area contributed by atoms with E-state index in [1.165, 1.54) is 6.07 Å². The lowest BCUT2D eigenvalue weighted by atomic mass is 10.1. The molecule has 2 rings (SSSR count). The molecule has 1 aromatic heterocycles.